The van der Waals surface area contributed by atoms with Crippen LogP contribution in [0.2, 0.25) is 0 Å². The highest BCUT2D eigenvalue weighted by atomic mass is 16.5. The average molecular weight is 240 g/mol. The zero-order chi connectivity index (χ0) is 12.1. The highest BCUT2D eigenvalue weighted by Gasteiger charge is 2.36. The van der Waals surface area contributed by atoms with Gasteiger partial charge >= 0.3 is 0 Å². The SMILES string of the molecule is CCC1(CC)CC(N2CCCNCC2)CCO1. The summed E-state index contributed by atoms with van der Waals surface area (Å²) in [6.45, 7) is 10.3. The number of hydrogen-bond acceptors (Lipinski definition) is 3. The molecule has 1 N–H and O–H groups in total. The van der Waals surface area contributed by atoms with Gasteiger partial charge in [0.2, 0.25) is 0 Å². The number of nitrogens with one attached hydrogen (secondary N) is 1. The second-order valence-electron chi connectivity index (χ2n) is 5.52. The first kappa shape index (κ1) is 13.3. The normalized spacial score (nSPS) is 31.1. The van der Waals surface area contributed by atoms with Gasteiger partial charge in [-0.25, -0.2) is 0 Å². The molecule has 0 spiro atoms. The van der Waals surface area contributed by atoms with Crippen molar-refractivity contribution in [2.24, 2.45) is 0 Å². The van der Waals surface area contributed by atoms with Crippen molar-refractivity contribution in [1.82, 2.24) is 10.2 Å². The molecule has 0 aromatic rings. The van der Waals surface area contributed by atoms with E-state index in [9.17, 15) is 0 Å². The molecule has 0 amide bonds. The average Bonchev–Trinajstić information content (AvgIpc) is 2.67. The molecule has 2 aliphatic heterocycles. The molecule has 1 unspecified atom stereocenters. The van der Waals surface area contributed by atoms with Crippen LogP contribution >= 0.6 is 0 Å². The molecule has 0 aromatic heterocycles. The minimum atomic E-state index is 0.169. The highest BCUT2D eigenvalue weighted by molar-refractivity contribution is 4.90. The summed E-state index contributed by atoms with van der Waals surface area (Å²) in [5.74, 6) is 0. The van der Waals surface area contributed by atoms with Crippen molar-refractivity contribution in [2.75, 3.05) is 32.8 Å². The van der Waals surface area contributed by atoms with Gasteiger partial charge in [-0.3, -0.25) is 4.90 Å². The minimum Gasteiger partial charge on any atom is -0.375 e. The lowest BCUT2D eigenvalue weighted by atomic mass is 9.85. The fourth-order valence-corrected chi connectivity index (χ4v) is 3.29. The lowest BCUT2D eigenvalue weighted by Crippen LogP contribution is -2.49. The maximum atomic E-state index is 6.07. The number of ether oxygens (including phenoxy) is 1. The molecule has 17 heavy (non-hydrogen) atoms. The van der Waals surface area contributed by atoms with Crippen LogP contribution in [-0.2, 0) is 4.74 Å². The fraction of sp³-hybridized carbons (Fsp3) is 1.00. The number of hydrogen-bond donors (Lipinski definition) is 1. The zero-order valence-corrected chi connectivity index (χ0v) is 11.5. The van der Waals surface area contributed by atoms with E-state index in [1.807, 2.05) is 0 Å². The molecule has 3 nitrogen and oxygen atoms in total. The van der Waals surface area contributed by atoms with Gasteiger partial charge in [0.15, 0.2) is 0 Å². The first-order valence-corrected chi connectivity index (χ1v) is 7.38. The van der Waals surface area contributed by atoms with E-state index in [4.69, 9.17) is 4.74 Å². The fourth-order valence-electron chi connectivity index (χ4n) is 3.29. The van der Waals surface area contributed by atoms with Gasteiger partial charge in [0.25, 0.3) is 0 Å². The summed E-state index contributed by atoms with van der Waals surface area (Å²) in [6, 6.07) is 0.753. The van der Waals surface area contributed by atoms with Crippen LogP contribution in [0.25, 0.3) is 0 Å². The van der Waals surface area contributed by atoms with Crippen molar-refractivity contribution in [3.05, 3.63) is 0 Å². The van der Waals surface area contributed by atoms with E-state index in [1.54, 1.807) is 0 Å². The second kappa shape index (κ2) is 6.17. The Hall–Kier alpha value is -0.120. The van der Waals surface area contributed by atoms with Gasteiger partial charge < -0.3 is 10.1 Å². The summed E-state index contributed by atoms with van der Waals surface area (Å²) in [7, 11) is 0. The first-order valence-electron chi connectivity index (χ1n) is 7.38. The smallest absolute Gasteiger partial charge is 0.0692 e. The summed E-state index contributed by atoms with van der Waals surface area (Å²) in [4.78, 5) is 2.70. The largest absolute Gasteiger partial charge is 0.375 e. The van der Waals surface area contributed by atoms with Gasteiger partial charge in [-0.05, 0) is 45.2 Å². The molecule has 2 aliphatic rings. The Labute approximate surface area is 106 Å². The maximum Gasteiger partial charge on any atom is 0.0692 e. The highest BCUT2D eigenvalue weighted by Crippen LogP contribution is 2.33. The van der Waals surface area contributed by atoms with Crippen molar-refractivity contribution >= 4 is 0 Å². The Kier molecular flexibility index (Phi) is 4.83. The van der Waals surface area contributed by atoms with Gasteiger partial charge in [0.05, 0.1) is 5.60 Å². The third-order valence-corrected chi connectivity index (χ3v) is 4.65. The van der Waals surface area contributed by atoms with Gasteiger partial charge in [0.1, 0.15) is 0 Å². The van der Waals surface area contributed by atoms with E-state index in [1.165, 1.54) is 38.9 Å². The molecular weight excluding hydrogens is 212 g/mol. The molecule has 0 bridgehead atoms. The van der Waals surface area contributed by atoms with Crippen molar-refractivity contribution in [3.8, 4) is 0 Å². The summed E-state index contributed by atoms with van der Waals surface area (Å²) < 4.78 is 6.07. The van der Waals surface area contributed by atoms with E-state index < -0.39 is 0 Å². The lowest BCUT2D eigenvalue weighted by Gasteiger charge is -2.44. The molecular formula is C14H28N2O. The predicted molar refractivity (Wildman–Crippen MR) is 71.3 cm³/mol. The molecule has 0 saturated carbocycles. The van der Waals surface area contributed by atoms with Crippen LogP contribution in [0.3, 0.4) is 0 Å². The van der Waals surface area contributed by atoms with E-state index in [2.05, 4.69) is 24.1 Å². The Morgan fingerprint density at radius 3 is 2.82 bits per heavy atom. The van der Waals surface area contributed by atoms with Crippen LogP contribution in [0.15, 0.2) is 0 Å². The van der Waals surface area contributed by atoms with Crippen LogP contribution in [-0.4, -0.2) is 49.3 Å². The zero-order valence-electron chi connectivity index (χ0n) is 11.5. The second-order valence-corrected chi connectivity index (χ2v) is 5.52. The summed E-state index contributed by atoms with van der Waals surface area (Å²) >= 11 is 0. The quantitative estimate of drug-likeness (QED) is 0.817. The summed E-state index contributed by atoms with van der Waals surface area (Å²) in [5.41, 5.74) is 0.169. The molecule has 1 atom stereocenters. The van der Waals surface area contributed by atoms with Crippen molar-refractivity contribution in [1.29, 1.82) is 0 Å². The predicted octanol–water partition coefficient (Wildman–Crippen LogP) is 2.02. The summed E-state index contributed by atoms with van der Waals surface area (Å²) in [6.07, 6.45) is 6.07. The van der Waals surface area contributed by atoms with E-state index >= 15 is 0 Å². The number of nitrogens with zero attached hydrogens (tertiary/aromatic N) is 1. The molecule has 2 saturated heterocycles. The topological polar surface area (TPSA) is 24.5 Å². The van der Waals surface area contributed by atoms with Crippen LogP contribution in [0.1, 0.15) is 46.0 Å². The van der Waals surface area contributed by atoms with Crippen LogP contribution < -0.4 is 5.32 Å². The molecule has 3 heteroatoms. The summed E-state index contributed by atoms with van der Waals surface area (Å²) in [5, 5.41) is 3.49. The standard InChI is InChI=1S/C14H28N2O/c1-3-14(4-2)12-13(6-11-17-14)16-9-5-7-15-8-10-16/h13,15H,3-12H2,1-2H3. The molecule has 2 rings (SSSR count). The van der Waals surface area contributed by atoms with Gasteiger partial charge in [0, 0.05) is 25.7 Å². The van der Waals surface area contributed by atoms with Crippen LogP contribution in [0.4, 0.5) is 0 Å². The lowest BCUT2D eigenvalue weighted by molar-refractivity contribution is -0.109. The molecule has 0 aromatic carbocycles. The van der Waals surface area contributed by atoms with Crippen molar-refractivity contribution < 1.29 is 4.74 Å². The van der Waals surface area contributed by atoms with Gasteiger partial charge in [-0.2, -0.15) is 0 Å². The van der Waals surface area contributed by atoms with Crippen LogP contribution in [0, 0.1) is 0 Å². The molecule has 100 valence electrons. The molecule has 2 fully saturated rings. The van der Waals surface area contributed by atoms with E-state index in [-0.39, 0.29) is 5.60 Å². The molecule has 2 heterocycles. The monoisotopic (exact) mass is 240 g/mol. The molecule has 0 aliphatic carbocycles. The Balaban J connectivity index is 1.95. The van der Waals surface area contributed by atoms with Gasteiger partial charge in [-0.1, -0.05) is 13.8 Å². The maximum absolute atomic E-state index is 6.07. The van der Waals surface area contributed by atoms with Crippen molar-refractivity contribution in [2.45, 2.75) is 57.6 Å². The number of rotatable bonds is 3. The first-order chi connectivity index (χ1) is 8.29. The third kappa shape index (κ3) is 3.21. The Bertz CT molecular complexity index is 220. The van der Waals surface area contributed by atoms with Crippen molar-refractivity contribution in [3.63, 3.8) is 0 Å². The molecule has 0 radical (unpaired) electrons. The van der Waals surface area contributed by atoms with Gasteiger partial charge in [-0.15, -0.1) is 0 Å². The van der Waals surface area contributed by atoms with E-state index in [0.29, 0.717) is 0 Å². The third-order valence-electron chi connectivity index (χ3n) is 4.65. The van der Waals surface area contributed by atoms with Crippen LogP contribution in [0.5, 0.6) is 0 Å². The Morgan fingerprint density at radius 2 is 2.06 bits per heavy atom. The minimum absolute atomic E-state index is 0.169. The Morgan fingerprint density at radius 1 is 1.24 bits per heavy atom. The van der Waals surface area contributed by atoms with E-state index in [0.717, 1.165) is 32.0 Å².